The standard InChI is InChI=1S/C30H30N6O5S2/c1-19-5-11-22(12-6-19)31-27(37)17-25-29(38)36(23-13-7-20(2)8-14-23)30(42)35(25)18-26-28(41-33-34(26)4)32-43(39,40)24-15-9-21(3)10-16-24/h5-16,25H,17-18H2,1-4H3,(H,31,37)/b32-28-. The monoisotopic (exact) mass is 618 g/mol. The molecule has 0 bridgehead atoms. The molecular weight excluding hydrogens is 589 g/mol. The van der Waals surface area contributed by atoms with Gasteiger partial charge >= 0.3 is 0 Å². The van der Waals surface area contributed by atoms with E-state index < -0.39 is 22.0 Å². The van der Waals surface area contributed by atoms with Crippen LogP contribution in [0.15, 0.2) is 86.6 Å². The Hall–Kier alpha value is -4.62. The molecule has 1 atom stereocenters. The van der Waals surface area contributed by atoms with Crippen molar-refractivity contribution in [2.24, 2.45) is 11.4 Å². The SMILES string of the molecule is Cc1ccc(NC(=O)CC2C(=O)N(c3ccc(C)cc3)C(=S)N2Cc2/c(=N/S(=O)(=O)c3ccc(C)cc3)o[n-][n+]2C)cc1. The molecule has 0 aliphatic carbocycles. The molecule has 13 heteroatoms. The van der Waals surface area contributed by atoms with E-state index in [9.17, 15) is 18.0 Å². The van der Waals surface area contributed by atoms with Crippen LogP contribution in [-0.2, 0) is 33.2 Å². The van der Waals surface area contributed by atoms with Gasteiger partial charge in [-0.2, -0.15) is 8.42 Å². The fourth-order valence-electron chi connectivity index (χ4n) is 4.58. The summed E-state index contributed by atoms with van der Waals surface area (Å²) < 4.78 is 36.7. The molecule has 222 valence electrons. The average molecular weight is 619 g/mol. The molecule has 4 aromatic rings. The Kier molecular flexibility index (Phi) is 8.29. The molecule has 0 radical (unpaired) electrons. The minimum absolute atomic E-state index is 0.00817. The minimum atomic E-state index is -4.14. The maximum absolute atomic E-state index is 13.8. The summed E-state index contributed by atoms with van der Waals surface area (Å²) in [5.41, 5.74) is 4.09. The maximum Gasteiger partial charge on any atom is 0.289 e. The first-order chi connectivity index (χ1) is 20.4. The number of hydrogen-bond acceptors (Lipinski definition) is 6. The number of carbonyl (C=O) groups excluding carboxylic acids is 2. The van der Waals surface area contributed by atoms with Crippen LogP contribution in [0.3, 0.4) is 0 Å². The van der Waals surface area contributed by atoms with Gasteiger partial charge in [-0.05, 0) is 69.4 Å². The number of sulfonamides is 1. The Morgan fingerprint density at radius 2 is 1.53 bits per heavy atom. The van der Waals surface area contributed by atoms with Crippen LogP contribution in [0.25, 0.3) is 0 Å². The summed E-state index contributed by atoms with van der Waals surface area (Å²) in [6.07, 6.45) is -0.210. The van der Waals surface area contributed by atoms with E-state index in [0.717, 1.165) is 16.7 Å². The van der Waals surface area contributed by atoms with E-state index in [2.05, 4.69) is 15.0 Å². The summed E-state index contributed by atoms with van der Waals surface area (Å²) in [6, 6.07) is 19.9. The molecule has 5 rings (SSSR count). The third-order valence-corrected chi connectivity index (χ3v) is 8.75. The van der Waals surface area contributed by atoms with Crippen LogP contribution in [-0.4, -0.2) is 36.3 Å². The molecule has 1 aliphatic rings. The normalized spacial score (nSPS) is 15.8. The molecule has 1 unspecified atom stereocenters. The van der Waals surface area contributed by atoms with Crippen LogP contribution in [0.2, 0.25) is 0 Å². The lowest BCUT2D eigenvalue weighted by atomic mass is 10.1. The molecule has 1 N–H and O–H groups in total. The topological polar surface area (TPSA) is 130 Å². The largest absolute Gasteiger partial charge is 0.486 e. The predicted molar refractivity (Wildman–Crippen MR) is 162 cm³/mol. The molecule has 3 aromatic carbocycles. The molecule has 11 nitrogen and oxygen atoms in total. The van der Waals surface area contributed by atoms with Gasteiger partial charge < -0.3 is 14.7 Å². The second kappa shape index (κ2) is 11.9. The average Bonchev–Trinajstić information content (AvgIpc) is 3.41. The Labute approximate surface area is 254 Å². The van der Waals surface area contributed by atoms with Crippen LogP contribution in [0.4, 0.5) is 11.4 Å². The van der Waals surface area contributed by atoms with Crippen LogP contribution in [0.1, 0.15) is 28.8 Å². The summed E-state index contributed by atoms with van der Waals surface area (Å²) in [5, 5.41) is 6.85. The smallest absolute Gasteiger partial charge is 0.289 e. The fourth-order valence-corrected chi connectivity index (χ4v) is 5.91. The van der Waals surface area contributed by atoms with Crippen molar-refractivity contribution < 1.29 is 27.2 Å². The molecular formula is C30H30N6O5S2. The van der Waals surface area contributed by atoms with Crippen LogP contribution in [0.5, 0.6) is 0 Å². The zero-order valence-electron chi connectivity index (χ0n) is 24.0. The van der Waals surface area contributed by atoms with Gasteiger partial charge in [-0.3, -0.25) is 19.8 Å². The number of amides is 2. The van der Waals surface area contributed by atoms with E-state index >= 15 is 0 Å². The summed E-state index contributed by atoms with van der Waals surface area (Å²) in [4.78, 5) is 29.9. The van der Waals surface area contributed by atoms with Crippen molar-refractivity contribution in [1.82, 2.24) is 10.2 Å². The van der Waals surface area contributed by atoms with Crippen molar-refractivity contribution in [3.05, 3.63) is 101 Å². The van der Waals surface area contributed by atoms with Crippen LogP contribution < -0.4 is 25.7 Å². The molecule has 2 heterocycles. The second-order valence-corrected chi connectivity index (χ2v) is 12.4. The number of carbonyl (C=O) groups is 2. The third kappa shape index (κ3) is 6.42. The molecule has 0 saturated carbocycles. The number of anilines is 2. The van der Waals surface area contributed by atoms with Gasteiger partial charge in [0, 0.05) is 5.69 Å². The molecule has 1 fully saturated rings. The maximum atomic E-state index is 13.8. The highest BCUT2D eigenvalue weighted by Crippen LogP contribution is 2.28. The number of benzene rings is 3. The molecule has 0 spiro atoms. The second-order valence-electron chi connectivity index (χ2n) is 10.4. The van der Waals surface area contributed by atoms with Gasteiger partial charge in [0.25, 0.3) is 27.2 Å². The number of rotatable bonds is 8. The van der Waals surface area contributed by atoms with Crippen LogP contribution >= 0.6 is 12.2 Å². The van der Waals surface area contributed by atoms with Crippen molar-refractivity contribution in [2.45, 2.75) is 44.7 Å². The first kappa shape index (κ1) is 29.9. The Balaban J connectivity index is 1.49. The van der Waals surface area contributed by atoms with Gasteiger partial charge in [0.1, 0.15) is 19.6 Å². The molecule has 43 heavy (non-hydrogen) atoms. The van der Waals surface area contributed by atoms with Crippen molar-refractivity contribution in [1.29, 1.82) is 0 Å². The summed E-state index contributed by atoms with van der Waals surface area (Å²) >= 11 is 5.78. The van der Waals surface area contributed by atoms with Crippen molar-refractivity contribution in [3.8, 4) is 0 Å². The van der Waals surface area contributed by atoms with E-state index in [0.29, 0.717) is 11.4 Å². The first-order valence-electron chi connectivity index (χ1n) is 13.4. The number of nitrogens with zero attached hydrogens (tertiary/aromatic N) is 5. The van der Waals surface area contributed by atoms with Gasteiger partial charge in [0.15, 0.2) is 5.11 Å². The van der Waals surface area contributed by atoms with Gasteiger partial charge in [-0.25, -0.2) is 4.68 Å². The van der Waals surface area contributed by atoms with E-state index in [1.165, 1.54) is 21.7 Å². The highest BCUT2D eigenvalue weighted by Gasteiger charge is 2.45. The Morgan fingerprint density at radius 3 is 2.14 bits per heavy atom. The Morgan fingerprint density at radius 1 is 0.977 bits per heavy atom. The van der Waals surface area contributed by atoms with Crippen molar-refractivity contribution >= 4 is 50.5 Å². The summed E-state index contributed by atoms with van der Waals surface area (Å²) in [5.74, 6) is -0.778. The highest BCUT2D eigenvalue weighted by molar-refractivity contribution is 7.90. The number of nitrogens with one attached hydrogen (secondary N) is 1. The summed E-state index contributed by atoms with van der Waals surface area (Å²) in [6.45, 7) is 5.62. The quantitative estimate of drug-likeness (QED) is 0.236. The van der Waals surface area contributed by atoms with Crippen molar-refractivity contribution in [2.75, 3.05) is 10.2 Å². The van der Waals surface area contributed by atoms with E-state index in [1.807, 2.05) is 45.0 Å². The lowest BCUT2D eigenvalue weighted by Crippen LogP contribution is -2.45. The zero-order chi connectivity index (χ0) is 30.9. The summed E-state index contributed by atoms with van der Waals surface area (Å²) in [7, 11) is -2.58. The van der Waals surface area contributed by atoms with Gasteiger partial charge in [-0.15, -0.1) is 4.40 Å². The third-order valence-electron chi connectivity index (χ3n) is 7.05. The van der Waals surface area contributed by atoms with Crippen molar-refractivity contribution in [3.63, 3.8) is 0 Å². The Bertz CT molecular complexity index is 1860. The molecule has 1 aromatic heterocycles. The lowest BCUT2D eigenvalue weighted by Gasteiger charge is -2.22. The number of aromatic nitrogens is 2. The minimum Gasteiger partial charge on any atom is -0.486 e. The van der Waals surface area contributed by atoms with Gasteiger partial charge in [-0.1, -0.05) is 53.1 Å². The number of aryl methyl sites for hydroxylation is 4. The van der Waals surface area contributed by atoms with Gasteiger partial charge in [0.05, 0.1) is 17.0 Å². The first-order valence-corrected chi connectivity index (χ1v) is 15.2. The fraction of sp³-hybridized carbons (Fsp3) is 0.233. The zero-order valence-corrected chi connectivity index (χ0v) is 25.6. The highest BCUT2D eigenvalue weighted by atomic mass is 32.2. The van der Waals surface area contributed by atoms with Gasteiger partial charge in [0.2, 0.25) is 5.91 Å². The molecule has 2 amide bonds. The van der Waals surface area contributed by atoms with E-state index in [-0.39, 0.29) is 40.1 Å². The predicted octanol–water partition coefficient (Wildman–Crippen LogP) is 2.81. The van der Waals surface area contributed by atoms with E-state index in [4.69, 9.17) is 16.7 Å². The van der Waals surface area contributed by atoms with E-state index in [1.54, 1.807) is 48.3 Å². The molecule has 1 saturated heterocycles. The lowest BCUT2D eigenvalue weighted by molar-refractivity contribution is -0.752. The van der Waals surface area contributed by atoms with Crippen LogP contribution in [0, 0.1) is 20.8 Å². The molecule has 1 aliphatic heterocycles. The number of hydrogen-bond donors (Lipinski definition) is 1. The number of thiocarbonyl (C=S) groups is 1.